The van der Waals surface area contributed by atoms with E-state index < -0.39 is 17.9 Å². The third-order valence-electron chi connectivity index (χ3n) is 6.09. The molecule has 2 aromatic rings. The number of carbonyl (C=O) groups is 3. The molecule has 1 saturated carbocycles. The van der Waals surface area contributed by atoms with Crippen LogP contribution in [-0.2, 0) is 4.79 Å². The summed E-state index contributed by atoms with van der Waals surface area (Å²) in [5.74, 6) is -0.396. The van der Waals surface area contributed by atoms with Gasteiger partial charge >= 0.3 is 0 Å². The molecule has 0 unspecified atom stereocenters. The lowest BCUT2D eigenvalue weighted by molar-refractivity contribution is -0.126. The molecule has 1 aromatic carbocycles. The number of anilines is 1. The van der Waals surface area contributed by atoms with Gasteiger partial charge in [0.05, 0.1) is 12.8 Å². The van der Waals surface area contributed by atoms with Crippen LogP contribution in [0.3, 0.4) is 0 Å². The third-order valence-corrected chi connectivity index (χ3v) is 6.94. The fourth-order valence-electron chi connectivity index (χ4n) is 4.23. The summed E-state index contributed by atoms with van der Waals surface area (Å²) in [6.07, 6.45) is 4.30. The van der Waals surface area contributed by atoms with Gasteiger partial charge in [0.25, 0.3) is 11.8 Å². The van der Waals surface area contributed by atoms with Gasteiger partial charge in [0.1, 0.15) is 16.7 Å². The molecule has 1 heterocycles. The van der Waals surface area contributed by atoms with Gasteiger partial charge in [0.15, 0.2) is 5.69 Å². The molecule has 9 nitrogen and oxygen atoms in total. The van der Waals surface area contributed by atoms with E-state index in [-0.39, 0.29) is 28.2 Å². The molecule has 5 N–H and O–H groups in total. The van der Waals surface area contributed by atoms with Gasteiger partial charge in [-0.05, 0) is 54.4 Å². The highest BCUT2D eigenvalue weighted by molar-refractivity contribution is 7.09. The minimum Gasteiger partial charge on any atom is -0.497 e. The van der Waals surface area contributed by atoms with Crippen molar-refractivity contribution < 1.29 is 19.1 Å². The van der Waals surface area contributed by atoms with Crippen molar-refractivity contribution in [2.75, 3.05) is 19.4 Å². The van der Waals surface area contributed by atoms with Gasteiger partial charge in [0, 0.05) is 12.6 Å². The number of hydrogen-bond acceptors (Lipinski definition) is 7. The quantitative estimate of drug-likeness (QED) is 0.470. The molecule has 1 aliphatic carbocycles. The standard InChI is InChI=1S/C24H33N5O4S/c1-14(2)12-13-27-23(31)20(15-8-10-17(33-3)11-9-15)29(16-6-4-5-7-16)24(32)21-18(25)19(22(26)30)28-34-21/h8-11,14,16,20H,4-7,12-13,25H2,1-3H3,(H2,26,30)(H,27,31)/t20-/m1/s1. The Hall–Kier alpha value is -3.14. The van der Waals surface area contributed by atoms with E-state index in [1.165, 1.54) is 0 Å². The summed E-state index contributed by atoms with van der Waals surface area (Å²) < 4.78 is 9.26. The summed E-state index contributed by atoms with van der Waals surface area (Å²) in [4.78, 5) is 40.8. The molecule has 3 amide bonds. The molecule has 10 heteroatoms. The zero-order chi connectivity index (χ0) is 24.8. The van der Waals surface area contributed by atoms with Crippen LogP contribution < -0.4 is 21.5 Å². The van der Waals surface area contributed by atoms with Crippen molar-refractivity contribution in [3.63, 3.8) is 0 Å². The molecule has 0 saturated heterocycles. The zero-order valence-corrected chi connectivity index (χ0v) is 20.7. The van der Waals surface area contributed by atoms with Crippen LogP contribution >= 0.6 is 11.5 Å². The molecular formula is C24H33N5O4S. The average Bonchev–Trinajstić information content (AvgIpc) is 3.46. The molecule has 34 heavy (non-hydrogen) atoms. The molecule has 1 fully saturated rings. The van der Waals surface area contributed by atoms with Crippen molar-refractivity contribution in [3.05, 3.63) is 40.4 Å². The second-order valence-electron chi connectivity index (χ2n) is 8.94. The number of rotatable bonds is 10. The number of hydrogen-bond donors (Lipinski definition) is 3. The first kappa shape index (κ1) is 25.5. The maximum absolute atomic E-state index is 13.9. The highest BCUT2D eigenvalue weighted by atomic mass is 32.1. The van der Waals surface area contributed by atoms with E-state index in [0.717, 1.165) is 43.6 Å². The third kappa shape index (κ3) is 5.67. The lowest BCUT2D eigenvalue weighted by atomic mass is 10.00. The van der Waals surface area contributed by atoms with E-state index in [0.29, 0.717) is 23.8 Å². The van der Waals surface area contributed by atoms with Gasteiger partial charge in [-0.2, -0.15) is 4.37 Å². The van der Waals surface area contributed by atoms with Crippen LogP contribution in [0, 0.1) is 5.92 Å². The molecule has 1 aliphatic rings. The maximum atomic E-state index is 13.9. The summed E-state index contributed by atoms with van der Waals surface area (Å²) in [6, 6.07) is 6.12. The van der Waals surface area contributed by atoms with Crippen LogP contribution in [-0.4, -0.2) is 46.7 Å². The summed E-state index contributed by atoms with van der Waals surface area (Å²) in [7, 11) is 1.57. The van der Waals surface area contributed by atoms with E-state index in [2.05, 4.69) is 23.5 Å². The fourth-order valence-corrected chi connectivity index (χ4v) is 4.98. The first-order valence-electron chi connectivity index (χ1n) is 11.5. The molecule has 184 valence electrons. The van der Waals surface area contributed by atoms with Crippen molar-refractivity contribution >= 4 is 34.9 Å². The van der Waals surface area contributed by atoms with Crippen LogP contribution in [0.25, 0.3) is 0 Å². The summed E-state index contributed by atoms with van der Waals surface area (Å²) in [5.41, 5.74) is 11.9. The van der Waals surface area contributed by atoms with Gasteiger partial charge < -0.3 is 26.4 Å². The summed E-state index contributed by atoms with van der Waals surface area (Å²) in [6.45, 7) is 4.68. The number of nitrogens with zero attached hydrogens (tertiary/aromatic N) is 2. The zero-order valence-electron chi connectivity index (χ0n) is 19.9. The van der Waals surface area contributed by atoms with Gasteiger partial charge in [0.2, 0.25) is 5.91 Å². The number of primary amides is 1. The Kier molecular flexibility index (Phi) is 8.49. The number of benzene rings is 1. The van der Waals surface area contributed by atoms with Crippen LogP contribution in [0.5, 0.6) is 5.75 Å². The van der Waals surface area contributed by atoms with Crippen molar-refractivity contribution in [2.24, 2.45) is 11.7 Å². The summed E-state index contributed by atoms with van der Waals surface area (Å²) >= 11 is 0.833. The molecule has 1 aromatic heterocycles. The first-order valence-corrected chi connectivity index (χ1v) is 12.3. The number of nitrogens with one attached hydrogen (secondary N) is 1. The lowest BCUT2D eigenvalue weighted by Gasteiger charge is -2.36. The van der Waals surface area contributed by atoms with E-state index in [4.69, 9.17) is 16.2 Å². The first-order chi connectivity index (χ1) is 16.2. The van der Waals surface area contributed by atoms with E-state index in [1.54, 1.807) is 36.3 Å². The van der Waals surface area contributed by atoms with Gasteiger partial charge in [-0.1, -0.05) is 38.8 Å². The predicted molar refractivity (Wildman–Crippen MR) is 132 cm³/mol. The molecule has 0 bridgehead atoms. The minimum absolute atomic E-state index is 0.0424. The van der Waals surface area contributed by atoms with Crippen molar-refractivity contribution in [1.29, 1.82) is 0 Å². The van der Waals surface area contributed by atoms with Crippen molar-refractivity contribution in [3.8, 4) is 5.75 Å². The molecule has 0 radical (unpaired) electrons. The topological polar surface area (TPSA) is 141 Å². The molecule has 0 spiro atoms. The number of ether oxygens (including phenoxy) is 1. The molecular weight excluding hydrogens is 454 g/mol. The highest BCUT2D eigenvalue weighted by Crippen LogP contribution is 2.36. The van der Waals surface area contributed by atoms with Crippen LogP contribution in [0.15, 0.2) is 24.3 Å². The smallest absolute Gasteiger partial charge is 0.270 e. The minimum atomic E-state index is -0.868. The predicted octanol–water partition coefficient (Wildman–Crippen LogP) is 3.12. The van der Waals surface area contributed by atoms with E-state index in [1.807, 2.05) is 0 Å². The molecule has 0 aliphatic heterocycles. The summed E-state index contributed by atoms with van der Waals surface area (Å²) in [5, 5.41) is 3.01. The number of nitrogens with two attached hydrogens (primary N) is 2. The number of carbonyl (C=O) groups excluding carboxylic acids is 3. The normalized spacial score (nSPS) is 14.7. The fraction of sp³-hybridized carbons (Fsp3) is 0.500. The van der Waals surface area contributed by atoms with Gasteiger partial charge in [-0.3, -0.25) is 14.4 Å². The average molecular weight is 488 g/mol. The Morgan fingerprint density at radius 1 is 1.21 bits per heavy atom. The Morgan fingerprint density at radius 2 is 1.85 bits per heavy atom. The lowest BCUT2D eigenvalue weighted by Crippen LogP contribution is -2.48. The SMILES string of the molecule is COc1ccc([C@H](C(=O)NCCC(C)C)N(C(=O)c2snc(C(N)=O)c2N)C2CCCC2)cc1. The molecule has 3 rings (SSSR count). The van der Waals surface area contributed by atoms with Crippen LogP contribution in [0.4, 0.5) is 5.69 Å². The van der Waals surface area contributed by atoms with Crippen LogP contribution in [0.1, 0.15) is 77.7 Å². The van der Waals surface area contributed by atoms with Gasteiger partial charge in [-0.25, -0.2) is 0 Å². The second-order valence-corrected chi connectivity index (χ2v) is 9.71. The largest absolute Gasteiger partial charge is 0.497 e. The number of methoxy groups -OCH3 is 1. The number of amides is 3. The van der Waals surface area contributed by atoms with Crippen molar-refractivity contribution in [2.45, 2.75) is 58.0 Å². The van der Waals surface area contributed by atoms with Crippen LogP contribution in [0.2, 0.25) is 0 Å². The Morgan fingerprint density at radius 3 is 2.38 bits per heavy atom. The Labute approximate surface area is 204 Å². The van der Waals surface area contributed by atoms with Gasteiger partial charge in [-0.15, -0.1) is 0 Å². The van der Waals surface area contributed by atoms with E-state index >= 15 is 0 Å². The highest BCUT2D eigenvalue weighted by Gasteiger charge is 2.39. The second kappa shape index (κ2) is 11.3. The van der Waals surface area contributed by atoms with Crippen molar-refractivity contribution in [1.82, 2.24) is 14.6 Å². The molecule has 1 atom stereocenters. The Bertz CT molecular complexity index is 1010. The Balaban J connectivity index is 2.04. The monoisotopic (exact) mass is 487 g/mol. The maximum Gasteiger partial charge on any atom is 0.270 e. The number of aromatic nitrogens is 1. The number of nitrogen functional groups attached to an aromatic ring is 1. The van der Waals surface area contributed by atoms with E-state index in [9.17, 15) is 14.4 Å².